The molecular formula is C18H19N7O3S. The van der Waals surface area contributed by atoms with Crippen molar-refractivity contribution in [1.82, 2.24) is 34.6 Å². The number of rotatable bonds is 5. The summed E-state index contributed by atoms with van der Waals surface area (Å²) >= 11 is 5.63. The van der Waals surface area contributed by atoms with Crippen molar-refractivity contribution in [1.29, 1.82) is 0 Å². The first-order valence-electron chi connectivity index (χ1n) is 9.45. The van der Waals surface area contributed by atoms with Crippen LogP contribution in [0.2, 0.25) is 0 Å². The van der Waals surface area contributed by atoms with Gasteiger partial charge >= 0.3 is 0 Å². The van der Waals surface area contributed by atoms with Crippen LogP contribution in [0, 0.1) is 4.77 Å². The summed E-state index contributed by atoms with van der Waals surface area (Å²) in [5.74, 6) is 1.17. The second-order valence-corrected chi connectivity index (χ2v) is 7.34. The molecule has 0 aliphatic carbocycles. The van der Waals surface area contributed by atoms with Crippen LogP contribution in [0.1, 0.15) is 25.2 Å². The third kappa shape index (κ3) is 3.20. The number of ether oxygens (including phenoxy) is 2. The maximum Gasteiger partial charge on any atom is 0.218 e. The molecular weight excluding hydrogens is 394 g/mol. The molecule has 4 heterocycles. The second kappa shape index (κ2) is 7.25. The Labute approximate surface area is 171 Å². The zero-order valence-electron chi connectivity index (χ0n) is 15.7. The normalized spacial score (nSPS) is 23.6. The zero-order valence-corrected chi connectivity index (χ0v) is 16.5. The average Bonchev–Trinajstić information content (AvgIpc) is 3.45. The number of aromatic nitrogens is 7. The van der Waals surface area contributed by atoms with E-state index < -0.39 is 6.29 Å². The highest BCUT2D eigenvalue weighted by Crippen LogP contribution is 2.33. The zero-order chi connectivity index (χ0) is 20.0. The number of carbonyl (C=O) groups is 1. The molecule has 2 fully saturated rings. The minimum atomic E-state index is -0.742. The number of ketones is 1. The van der Waals surface area contributed by atoms with Crippen molar-refractivity contribution in [3.63, 3.8) is 0 Å². The van der Waals surface area contributed by atoms with Gasteiger partial charge in [-0.2, -0.15) is 9.90 Å². The Bertz CT molecular complexity index is 1110. The molecule has 2 aliphatic rings. The maximum atomic E-state index is 12.2. The van der Waals surface area contributed by atoms with E-state index in [2.05, 4.69) is 15.4 Å². The van der Waals surface area contributed by atoms with E-state index in [0.717, 1.165) is 5.56 Å². The van der Waals surface area contributed by atoms with E-state index in [1.54, 1.807) is 4.68 Å². The highest BCUT2D eigenvalue weighted by molar-refractivity contribution is 7.71. The fraction of sp³-hybridized carbons (Fsp3) is 0.444. The minimum Gasteiger partial charge on any atom is -0.343 e. The summed E-state index contributed by atoms with van der Waals surface area (Å²) in [5, 5.41) is 17.4. The van der Waals surface area contributed by atoms with Gasteiger partial charge in [-0.1, -0.05) is 30.3 Å². The van der Waals surface area contributed by atoms with E-state index in [1.807, 2.05) is 41.8 Å². The summed E-state index contributed by atoms with van der Waals surface area (Å²) in [6, 6.07) is 9.38. The average molecular weight is 413 g/mol. The molecule has 0 spiro atoms. The van der Waals surface area contributed by atoms with E-state index in [-0.39, 0.29) is 17.9 Å². The lowest BCUT2D eigenvalue weighted by Crippen LogP contribution is -2.37. The molecule has 3 unspecified atom stereocenters. The predicted octanol–water partition coefficient (Wildman–Crippen LogP) is 1.39. The number of benzene rings is 1. The molecule has 0 saturated carbocycles. The number of carbonyl (C=O) groups excluding carboxylic acids is 1. The lowest BCUT2D eigenvalue weighted by molar-refractivity contribution is -0.156. The van der Waals surface area contributed by atoms with Crippen LogP contribution in [0.5, 0.6) is 0 Å². The lowest BCUT2D eigenvalue weighted by Gasteiger charge is -2.26. The second-order valence-electron chi connectivity index (χ2n) is 6.97. The van der Waals surface area contributed by atoms with E-state index >= 15 is 0 Å². The Balaban J connectivity index is 1.44. The van der Waals surface area contributed by atoms with Gasteiger partial charge in [0.1, 0.15) is 12.6 Å². The van der Waals surface area contributed by atoms with Gasteiger partial charge in [-0.3, -0.25) is 4.79 Å². The molecule has 2 bridgehead atoms. The van der Waals surface area contributed by atoms with Crippen LogP contribution in [0.25, 0.3) is 11.4 Å². The Hall–Kier alpha value is -2.76. The van der Waals surface area contributed by atoms with E-state index in [4.69, 9.17) is 26.8 Å². The molecule has 29 heavy (non-hydrogen) atoms. The SMILES string of the molecule is CCn1c(Cn2nnc(-c3ccccc3)n2)nn(C2CC(=O)C3OCC2O3)c1=S. The topological polar surface area (TPSA) is 102 Å². The Morgan fingerprint density at radius 3 is 2.86 bits per heavy atom. The molecule has 10 nitrogen and oxygen atoms in total. The number of hydrogen-bond donors (Lipinski definition) is 0. The van der Waals surface area contributed by atoms with Gasteiger partial charge in [0, 0.05) is 18.5 Å². The molecule has 0 N–H and O–H groups in total. The Morgan fingerprint density at radius 1 is 1.24 bits per heavy atom. The van der Waals surface area contributed by atoms with Crippen molar-refractivity contribution < 1.29 is 14.3 Å². The molecule has 2 aliphatic heterocycles. The van der Waals surface area contributed by atoms with Crippen molar-refractivity contribution in [2.75, 3.05) is 6.61 Å². The highest BCUT2D eigenvalue weighted by Gasteiger charge is 2.45. The first-order chi connectivity index (χ1) is 14.1. The van der Waals surface area contributed by atoms with Gasteiger partial charge in [-0.25, -0.2) is 4.68 Å². The van der Waals surface area contributed by atoms with Crippen molar-refractivity contribution in [2.24, 2.45) is 0 Å². The molecule has 0 radical (unpaired) electrons. The third-order valence-electron chi connectivity index (χ3n) is 5.17. The van der Waals surface area contributed by atoms with Crippen LogP contribution in [0.15, 0.2) is 30.3 Å². The predicted molar refractivity (Wildman–Crippen MR) is 102 cm³/mol. The number of nitrogens with zero attached hydrogens (tertiary/aromatic N) is 7. The van der Waals surface area contributed by atoms with Gasteiger partial charge < -0.3 is 14.0 Å². The van der Waals surface area contributed by atoms with Crippen molar-refractivity contribution in [2.45, 2.75) is 44.9 Å². The van der Waals surface area contributed by atoms with Crippen LogP contribution in [0.3, 0.4) is 0 Å². The fourth-order valence-electron chi connectivity index (χ4n) is 3.71. The van der Waals surface area contributed by atoms with Gasteiger partial charge in [0.15, 0.2) is 16.4 Å². The number of fused-ring (bicyclic) bond motifs is 2. The molecule has 3 aromatic rings. The molecule has 1 aromatic carbocycles. The van der Waals surface area contributed by atoms with E-state index in [1.165, 1.54) is 4.80 Å². The molecule has 11 heteroatoms. The highest BCUT2D eigenvalue weighted by atomic mass is 32.1. The fourth-order valence-corrected chi connectivity index (χ4v) is 4.12. The first-order valence-corrected chi connectivity index (χ1v) is 9.86. The molecule has 3 atom stereocenters. The summed E-state index contributed by atoms with van der Waals surface area (Å²) in [6.45, 7) is 3.31. The van der Waals surface area contributed by atoms with Gasteiger partial charge in [0.2, 0.25) is 12.1 Å². The standard InChI is InChI=1S/C18H19N7O3S/c1-2-23-15(9-24-21-16(19-22-24)11-6-4-3-5-7-11)20-25(18(23)29)12-8-13(26)17-27-10-14(12)28-17/h3-7,12,14,17H,2,8-10H2,1H3. The van der Waals surface area contributed by atoms with Gasteiger partial charge in [-0.15, -0.1) is 10.2 Å². The first kappa shape index (κ1) is 18.3. The number of Topliss-reactive ketones (excluding diaryl/α,β-unsaturated/α-hetero) is 1. The summed E-state index contributed by atoms with van der Waals surface area (Å²) in [6.07, 6.45) is -0.677. The summed E-state index contributed by atoms with van der Waals surface area (Å²) in [5.41, 5.74) is 0.894. The largest absolute Gasteiger partial charge is 0.343 e. The van der Waals surface area contributed by atoms with Crippen molar-refractivity contribution in [3.8, 4) is 11.4 Å². The Morgan fingerprint density at radius 2 is 2.07 bits per heavy atom. The van der Waals surface area contributed by atoms with Gasteiger partial charge in [0.25, 0.3) is 0 Å². The van der Waals surface area contributed by atoms with Gasteiger partial charge in [-0.05, 0) is 24.4 Å². The minimum absolute atomic E-state index is 0.0799. The summed E-state index contributed by atoms with van der Waals surface area (Å²) in [4.78, 5) is 13.7. The summed E-state index contributed by atoms with van der Waals surface area (Å²) in [7, 11) is 0. The summed E-state index contributed by atoms with van der Waals surface area (Å²) < 4.78 is 15.2. The van der Waals surface area contributed by atoms with Crippen molar-refractivity contribution in [3.05, 3.63) is 40.9 Å². The van der Waals surface area contributed by atoms with Crippen LogP contribution >= 0.6 is 12.2 Å². The van der Waals surface area contributed by atoms with Crippen LogP contribution in [-0.2, 0) is 27.4 Å². The molecule has 2 aromatic heterocycles. The smallest absolute Gasteiger partial charge is 0.218 e. The van der Waals surface area contributed by atoms with Crippen LogP contribution in [0.4, 0.5) is 0 Å². The van der Waals surface area contributed by atoms with Crippen LogP contribution < -0.4 is 0 Å². The quantitative estimate of drug-likeness (QED) is 0.579. The molecule has 2 saturated heterocycles. The number of hydrogen-bond acceptors (Lipinski definition) is 8. The lowest BCUT2D eigenvalue weighted by atomic mass is 10.0. The molecule has 5 rings (SSSR count). The maximum absolute atomic E-state index is 12.2. The number of tetrazole rings is 1. The third-order valence-corrected chi connectivity index (χ3v) is 5.58. The van der Waals surface area contributed by atoms with Gasteiger partial charge in [0.05, 0.1) is 12.6 Å². The van der Waals surface area contributed by atoms with E-state index in [9.17, 15) is 4.79 Å². The molecule has 0 amide bonds. The monoisotopic (exact) mass is 413 g/mol. The van der Waals surface area contributed by atoms with Crippen molar-refractivity contribution >= 4 is 18.0 Å². The molecule has 150 valence electrons. The Kier molecular flexibility index (Phi) is 4.57. The van der Waals surface area contributed by atoms with E-state index in [0.29, 0.717) is 42.5 Å². The van der Waals surface area contributed by atoms with Crippen LogP contribution in [-0.4, -0.2) is 59.3 Å².